The van der Waals surface area contributed by atoms with Crippen molar-refractivity contribution >= 4 is 23.6 Å². The van der Waals surface area contributed by atoms with Gasteiger partial charge in [0.05, 0.1) is 12.2 Å². The Morgan fingerprint density at radius 2 is 1.94 bits per heavy atom. The summed E-state index contributed by atoms with van der Waals surface area (Å²) >= 11 is 0. The van der Waals surface area contributed by atoms with Crippen LogP contribution in [0.2, 0.25) is 0 Å². The molecular weight excluding hydrogens is 438 g/mol. The zero-order chi connectivity index (χ0) is 23.8. The Balaban J connectivity index is 1.41. The van der Waals surface area contributed by atoms with Crippen molar-refractivity contribution in [2.75, 3.05) is 19.4 Å². The van der Waals surface area contributed by atoms with Crippen LogP contribution in [-0.4, -0.2) is 72.8 Å². The summed E-state index contributed by atoms with van der Waals surface area (Å²) in [4.78, 5) is 39.4. The van der Waals surface area contributed by atoms with Crippen LogP contribution in [0.5, 0.6) is 5.88 Å². The van der Waals surface area contributed by atoms with Crippen LogP contribution in [0.3, 0.4) is 0 Å². The summed E-state index contributed by atoms with van der Waals surface area (Å²) < 4.78 is 1.69. The van der Waals surface area contributed by atoms with Crippen molar-refractivity contribution in [1.82, 2.24) is 34.8 Å². The van der Waals surface area contributed by atoms with Gasteiger partial charge in [-0.15, -0.1) is 0 Å². The number of rotatable bonds is 5. The van der Waals surface area contributed by atoms with Gasteiger partial charge >= 0.3 is 11.7 Å². The Labute approximate surface area is 194 Å². The number of aromatic hydroxyl groups is 1. The molecule has 0 radical (unpaired) electrons. The molecule has 3 aromatic heterocycles. The van der Waals surface area contributed by atoms with E-state index in [0.29, 0.717) is 28.2 Å². The normalized spacial score (nSPS) is 21.7. The van der Waals surface area contributed by atoms with Crippen molar-refractivity contribution in [3.8, 4) is 5.88 Å². The molecular formula is C22H29N9O3. The lowest BCUT2D eigenvalue weighted by molar-refractivity contribution is 0.208. The molecule has 0 spiro atoms. The minimum Gasteiger partial charge on any atom is -0.493 e. The molecule has 0 atom stereocenters. The van der Waals surface area contributed by atoms with Crippen LogP contribution in [0.4, 0.5) is 10.6 Å². The second kappa shape index (κ2) is 8.84. The lowest BCUT2D eigenvalue weighted by atomic mass is 9.91. The van der Waals surface area contributed by atoms with E-state index in [1.54, 1.807) is 35.8 Å². The number of nitrogens with zero attached hydrogens (tertiary/aromatic N) is 5. The molecule has 34 heavy (non-hydrogen) atoms. The summed E-state index contributed by atoms with van der Waals surface area (Å²) in [6.07, 6.45) is 9.01. The number of hydrogen-bond donors (Lipinski definition) is 5. The first kappa shape index (κ1) is 22.0. The molecule has 12 heteroatoms. The Morgan fingerprint density at radius 3 is 2.59 bits per heavy atom. The molecule has 5 rings (SSSR count). The molecule has 5 N–H and O–H groups in total. The molecule has 3 heterocycles. The van der Waals surface area contributed by atoms with Crippen LogP contribution in [0.1, 0.15) is 44.2 Å². The standard InChI is InChI=1S/C22H29N9O3/c1-30(2)22(34)26-15-7-3-13(4-8-15)24-17-10-18(25-14-5-6-14)31-19(28-17)12(11-23-31)9-16-20(32)29-21(33)27-16/h9-11,13-15,24,32H,3-8H2,1-2H3,(H,26,34)(H2,27,29,33)/b12-9+,25-18?. The molecule has 0 aromatic carbocycles. The summed E-state index contributed by atoms with van der Waals surface area (Å²) in [5, 5.41) is 21.6. The van der Waals surface area contributed by atoms with E-state index in [1.807, 2.05) is 6.07 Å². The highest BCUT2D eigenvalue weighted by Gasteiger charge is 2.24. The molecule has 3 aromatic rings. The summed E-state index contributed by atoms with van der Waals surface area (Å²) in [6.45, 7) is 0. The van der Waals surface area contributed by atoms with Gasteiger partial charge in [-0.2, -0.15) is 9.61 Å². The van der Waals surface area contributed by atoms with Gasteiger partial charge in [0.2, 0.25) is 5.88 Å². The number of urea groups is 1. The zero-order valence-electron chi connectivity index (χ0n) is 19.2. The van der Waals surface area contributed by atoms with Gasteiger partial charge in [0.1, 0.15) is 11.5 Å². The Bertz CT molecular complexity index is 1370. The highest BCUT2D eigenvalue weighted by atomic mass is 16.3. The zero-order valence-corrected chi connectivity index (χ0v) is 19.2. The van der Waals surface area contributed by atoms with E-state index in [4.69, 9.17) is 9.98 Å². The summed E-state index contributed by atoms with van der Waals surface area (Å²) in [6, 6.07) is 2.57. The van der Waals surface area contributed by atoms with Crippen molar-refractivity contribution in [2.45, 2.75) is 56.7 Å². The minimum absolute atomic E-state index is 0.0610. The van der Waals surface area contributed by atoms with Crippen molar-refractivity contribution in [2.24, 2.45) is 4.99 Å². The lowest BCUT2D eigenvalue weighted by Gasteiger charge is -2.30. The quantitative estimate of drug-likeness (QED) is 0.357. The number of H-pyrrole nitrogens is 2. The fourth-order valence-electron chi connectivity index (χ4n) is 4.16. The number of hydrogen-bond acceptors (Lipinski definition) is 7. The van der Waals surface area contributed by atoms with Crippen LogP contribution in [0.15, 0.2) is 22.1 Å². The van der Waals surface area contributed by atoms with Crippen molar-refractivity contribution in [3.05, 3.63) is 39.1 Å². The third-order valence-electron chi connectivity index (χ3n) is 6.19. The molecule has 2 amide bonds. The molecule has 2 saturated carbocycles. The van der Waals surface area contributed by atoms with Crippen LogP contribution < -0.4 is 27.0 Å². The number of aromatic amines is 2. The molecule has 0 bridgehead atoms. The van der Waals surface area contributed by atoms with E-state index < -0.39 is 5.69 Å². The van der Waals surface area contributed by atoms with E-state index in [-0.39, 0.29) is 29.7 Å². The third kappa shape index (κ3) is 4.75. The summed E-state index contributed by atoms with van der Waals surface area (Å²) in [5.74, 6) is 0.467. The Hall–Kier alpha value is -3.83. The first-order chi connectivity index (χ1) is 16.4. The van der Waals surface area contributed by atoms with Crippen molar-refractivity contribution in [3.63, 3.8) is 0 Å². The van der Waals surface area contributed by atoms with Crippen LogP contribution in [0.25, 0.3) is 11.7 Å². The molecule has 180 valence electrons. The van der Waals surface area contributed by atoms with E-state index in [0.717, 1.165) is 38.5 Å². The smallest absolute Gasteiger partial charge is 0.326 e. The largest absolute Gasteiger partial charge is 0.493 e. The average molecular weight is 468 g/mol. The van der Waals surface area contributed by atoms with Gasteiger partial charge < -0.3 is 25.6 Å². The number of carbonyl (C=O) groups is 1. The first-order valence-corrected chi connectivity index (χ1v) is 11.6. The second-order valence-electron chi connectivity index (χ2n) is 9.22. The van der Waals surface area contributed by atoms with E-state index in [1.165, 1.54) is 0 Å². The maximum absolute atomic E-state index is 11.9. The molecule has 2 fully saturated rings. The van der Waals surface area contributed by atoms with Gasteiger partial charge in [-0.25, -0.2) is 14.6 Å². The summed E-state index contributed by atoms with van der Waals surface area (Å²) in [7, 11) is 3.48. The fraction of sp³-hybridized carbons (Fsp3) is 0.500. The van der Waals surface area contributed by atoms with Gasteiger partial charge in [0.25, 0.3) is 0 Å². The maximum Gasteiger partial charge on any atom is 0.326 e. The average Bonchev–Trinajstić information content (AvgIpc) is 3.43. The third-order valence-corrected chi connectivity index (χ3v) is 6.19. The number of aromatic nitrogens is 5. The Morgan fingerprint density at radius 1 is 1.21 bits per heavy atom. The fourth-order valence-corrected chi connectivity index (χ4v) is 4.16. The maximum atomic E-state index is 11.9. The topological polar surface area (TPSA) is 156 Å². The van der Waals surface area contributed by atoms with Gasteiger partial charge in [0.15, 0.2) is 11.1 Å². The summed E-state index contributed by atoms with van der Waals surface area (Å²) in [5.41, 5.74) is 1.07. The van der Waals surface area contributed by atoms with Gasteiger partial charge in [-0.3, -0.25) is 9.98 Å². The van der Waals surface area contributed by atoms with E-state index in [9.17, 15) is 14.7 Å². The number of anilines is 1. The van der Waals surface area contributed by atoms with E-state index >= 15 is 0 Å². The second-order valence-corrected chi connectivity index (χ2v) is 9.22. The predicted octanol–water partition coefficient (Wildman–Crippen LogP) is 0.0564. The SMILES string of the molecule is CN(C)C(=O)NC1CCC(Nc2cc(=NC3CC3)n3nc/c(=C\c4[nH]c(=O)[nH]c4O)c3n2)CC1. The highest BCUT2D eigenvalue weighted by molar-refractivity contribution is 5.73. The van der Waals surface area contributed by atoms with E-state index in [2.05, 4.69) is 25.7 Å². The number of nitrogens with one attached hydrogen (secondary N) is 4. The van der Waals surface area contributed by atoms with Crippen LogP contribution in [0, 0.1) is 0 Å². The van der Waals surface area contributed by atoms with Crippen LogP contribution >= 0.6 is 0 Å². The highest BCUT2D eigenvalue weighted by Crippen LogP contribution is 2.23. The predicted molar refractivity (Wildman–Crippen MR) is 125 cm³/mol. The molecule has 0 saturated heterocycles. The monoisotopic (exact) mass is 467 g/mol. The van der Waals surface area contributed by atoms with Gasteiger partial charge in [-0.1, -0.05) is 0 Å². The van der Waals surface area contributed by atoms with Gasteiger partial charge in [0, 0.05) is 37.5 Å². The van der Waals surface area contributed by atoms with Crippen LogP contribution in [-0.2, 0) is 0 Å². The number of imidazole rings is 1. The number of fused-ring (bicyclic) bond motifs is 1. The molecule has 0 aliphatic heterocycles. The number of carbonyl (C=O) groups excluding carboxylic acids is 1. The van der Waals surface area contributed by atoms with Crippen molar-refractivity contribution in [1.29, 1.82) is 0 Å². The lowest BCUT2D eigenvalue weighted by Crippen LogP contribution is -2.44. The molecule has 2 aliphatic rings. The minimum atomic E-state index is -0.489. The van der Waals surface area contributed by atoms with Gasteiger partial charge in [-0.05, 0) is 44.6 Å². The molecule has 12 nitrogen and oxygen atoms in total. The first-order valence-electron chi connectivity index (χ1n) is 11.6. The molecule has 0 unspecified atom stereocenters. The van der Waals surface area contributed by atoms with Crippen molar-refractivity contribution < 1.29 is 9.90 Å². The Kier molecular flexibility index (Phi) is 5.72. The molecule has 2 aliphatic carbocycles. The number of amides is 2.